The molecule has 1 fully saturated rings. The van der Waals surface area contributed by atoms with E-state index in [0.29, 0.717) is 18.1 Å². The van der Waals surface area contributed by atoms with Crippen LogP contribution in [0.25, 0.3) is 0 Å². The van der Waals surface area contributed by atoms with Crippen molar-refractivity contribution >= 4 is 10.0 Å². The second-order valence-electron chi connectivity index (χ2n) is 6.77. The van der Waals surface area contributed by atoms with Gasteiger partial charge < -0.3 is 9.84 Å². The van der Waals surface area contributed by atoms with Gasteiger partial charge >= 0.3 is 0 Å². The standard InChI is InChI=1S/C19H28FNO4S/c1-3-5-6-11-26(23,24)21-14-19(22,4-2)16-9-10-17(20)18(12-16)25-13-15-7-8-15/h5-6,9-10,12,15,21-22H,3-4,7-8,11,13-14H2,1-2H3/b6-5+/t19-/m1/s1. The highest BCUT2D eigenvalue weighted by molar-refractivity contribution is 7.89. The molecule has 5 nitrogen and oxygen atoms in total. The number of hydrogen-bond donors (Lipinski definition) is 2. The highest BCUT2D eigenvalue weighted by atomic mass is 32.2. The molecule has 2 rings (SSSR count). The monoisotopic (exact) mass is 385 g/mol. The van der Waals surface area contributed by atoms with Gasteiger partial charge in [-0.05, 0) is 49.3 Å². The molecular formula is C19H28FNO4S. The Balaban J connectivity index is 2.09. The summed E-state index contributed by atoms with van der Waals surface area (Å²) in [5.41, 5.74) is -1.01. The van der Waals surface area contributed by atoms with E-state index in [2.05, 4.69) is 4.72 Å². The summed E-state index contributed by atoms with van der Waals surface area (Å²) in [5.74, 6) is -0.0564. The third kappa shape index (κ3) is 6.07. The van der Waals surface area contributed by atoms with E-state index >= 15 is 0 Å². The summed E-state index contributed by atoms with van der Waals surface area (Å²) >= 11 is 0. The fourth-order valence-electron chi connectivity index (χ4n) is 2.48. The SMILES string of the molecule is CC/C=C/CS(=O)(=O)NC[C@](O)(CC)c1ccc(F)c(OCC2CC2)c1. The molecule has 0 aromatic heterocycles. The average Bonchev–Trinajstić information content (AvgIpc) is 3.43. The van der Waals surface area contributed by atoms with Gasteiger partial charge in [-0.15, -0.1) is 0 Å². The van der Waals surface area contributed by atoms with Crippen molar-refractivity contribution in [1.82, 2.24) is 4.72 Å². The highest BCUT2D eigenvalue weighted by Gasteiger charge is 2.30. The summed E-state index contributed by atoms with van der Waals surface area (Å²) in [5, 5.41) is 10.9. The Morgan fingerprint density at radius 1 is 1.35 bits per heavy atom. The molecule has 0 bridgehead atoms. The summed E-state index contributed by atoms with van der Waals surface area (Å²) in [4.78, 5) is 0. The Labute approximate surface area is 155 Å². The van der Waals surface area contributed by atoms with E-state index in [1.54, 1.807) is 19.1 Å². The lowest BCUT2D eigenvalue weighted by Crippen LogP contribution is -2.41. The van der Waals surface area contributed by atoms with Crippen LogP contribution in [0.1, 0.15) is 45.1 Å². The lowest BCUT2D eigenvalue weighted by Gasteiger charge is -2.28. The topological polar surface area (TPSA) is 75.6 Å². The molecule has 0 amide bonds. The smallest absolute Gasteiger partial charge is 0.215 e. The van der Waals surface area contributed by atoms with Crippen molar-refractivity contribution in [1.29, 1.82) is 0 Å². The van der Waals surface area contributed by atoms with E-state index in [-0.39, 0.29) is 24.5 Å². The number of hydrogen-bond acceptors (Lipinski definition) is 4. The lowest BCUT2D eigenvalue weighted by molar-refractivity contribution is 0.0376. The van der Waals surface area contributed by atoms with Crippen LogP contribution in [0, 0.1) is 11.7 Å². The van der Waals surface area contributed by atoms with Crippen molar-refractivity contribution in [2.45, 2.75) is 45.1 Å². The molecule has 1 aromatic rings. The first-order valence-corrected chi connectivity index (χ1v) is 10.7. The van der Waals surface area contributed by atoms with Gasteiger partial charge in [-0.25, -0.2) is 17.5 Å². The van der Waals surface area contributed by atoms with E-state index < -0.39 is 21.4 Å². The number of sulfonamides is 1. The lowest BCUT2D eigenvalue weighted by atomic mass is 9.91. The van der Waals surface area contributed by atoms with Gasteiger partial charge in [0, 0.05) is 6.54 Å². The van der Waals surface area contributed by atoms with E-state index in [1.807, 2.05) is 6.92 Å². The molecule has 26 heavy (non-hydrogen) atoms. The van der Waals surface area contributed by atoms with Gasteiger partial charge in [0.25, 0.3) is 0 Å². The van der Waals surface area contributed by atoms with Crippen molar-refractivity contribution in [3.05, 3.63) is 41.7 Å². The van der Waals surface area contributed by atoms with Crippen molar-refractivity contribution in [2.75, 3.05) is 18.9 Å². The van der Waals surface area contributed by atoms with Crippen molar-refractivity contribution in [3.63, 3.8) is 0 Å². The third-order valence-corrected chi connectivity index (χ3v) is 5.74. The molecule has 0 spiro atoms. The maximum absolute atomic E-state index is 14.0. The van der Waals surface area contributed by atoms with E-state index in [0.717, 1.165) is 19.3 Å². The highest BCUT2D eigenvalue weighted by Crippen LogP contribution is 2.32. The summed E-state index contributed by atoms with van der Waals surface area (Å²) < 4.78 is 46.0. The van der Waals surface area contributed by atoms with Crippen LogP contribution < -0.4 is 9.46 Å². The molecule has 1 saturated carbocycles. The fraction of sp³-hybridized carbons (Fsp3) is 0.579. The van der Waals surface area contributed by atoms with Gasteiger partial charge in [-0.3, -0.25) is 0 Å². The van der Waals surface area contributed by atoms with E-state index in [9.17, 15) is 17.9 Å². The maximum Gasteiger partial charge on any atom is 0.215 e. The van der Waals surface area contributed by atoms with Crippen molar-refractivity contribution in [2.24, 2.45) is 5.92 Å². The number of rotatable bonds is 11. The Kier molecular flexibility index (Phi) is 7.20. The zero-order chi connectivity index (χ0) is 19.2. The molecule has 1 aliphatic carbocycles. The molecule has 0 unspecified atom stereocenters. The minimum atomic E-state index is -3.54. The summed E-state index contributed by atoms with van der Waals surface area (Å²) in [7, 11) is -3.54. The first-order valence-electron chi connectivity index (χ1n) is 9.07. The molecule has 1 aromatic carbocycles. The number of benzene rings is 1. The first-order chi connectivity index (χ1) is 12.3. The Bertz CT molecular complexity index is 731. The number of nitrogens with one attached hydrogen (secondary N) is 1. The first kappa shape index (κ1) is 20.9. The molecule has 0 heterocycles. The van der Waals surface area contributed by atoms with Crippen LogP contribution in [-0.4, -0.2) is 32.4 Å². The molecule has 2 N–H and O–H groups in total. The van der Waals surface area contributed by atoms with Crippen molar-refractivity contribution < 1.29 is 22.7 Å². The largest absolute Gasteiger partial charge is 0.490 e. The van der Waals surface area contributed by atoms with Crippen LogP contribution in [0.2, 0.25) is 0 Å². The van der Waals surface area contributed by atoms with Crippen LogP contribution in [0.4, 0.5) is 4.39 Å². The van der Waals surface area contributed by atoms with Crippen LogP contribution in [0.3, 0.4) is 0 Å². The maximum atomic E-state index is 14.0. The van der Waals surface area contributed by atoms with Gasteiger partial charge in [-0.1, -0.05) is 32.1 Å². The summed E-state index contributed by atoms with van der Waals surface area (Å²) in [6.07, 6.45) is 6.56. The predicted molar refractivity (Wildman–Crippen MR) is 100 cm³/mol. The fourth-order valence-corrected chi connectivity index (χ4v) is 3.44. The quantitative estimate of drug-likeness (QED) is 0.574. The molecule has 0 radical (unpaired) electrons. The molecule has 146 valence electrons. The average molecular weight is 386 g/mol. The Morgan fingerprint density at radius 3 is 2.69 bits per heavy atom. The Hall–Kier alpha value is -1.44. The second-order valence-corrected chi connectivity index (χ2v) is 8.62. The molecule has 1 atom stereocenters. The molecule has 7 heteroatoms. The van der Waals surface area contributed by atoms with Gasteiger partial charge in [0.15, 0.2) is 11.6 Å². The minimum absolute atomic E-state index is 0.0926. The van der Waals surface area contributed by atoms with Gasteiger partial charge in [0.1, 0.15) is 5.60 Å². The molecule has 0 saturated heterocycles. The molecule has 1 aliphatic rings. The second kappa shape index (κ2) is 8.97. The number of aliphatic hydroxyl groups is 1. The van der Waals surface area contributed by atoms with E-state index in [4.69, 9.17) is 4.74 Å². The van der Waals surface area contributed by atoms with Gasteiger partial charge in [-0.2, -0.15) is 0 Å². The number of allylic oxidation sites excluding steroid dienone is 1. The normalized spacial score (nSPS) is 17.4. The van der Waals surface area contributed by atoms with Crippen LogP contribution in [0.5, 0.6) is 5.75 Å². The van der Waals surface area contributed by atoms with Crippen molar-refractivity contribution in [3.8, 4) is 5.75 Å². The summed E-state index contributed by atoms with van der Waals surface area (Å²) in [6, 6.07) is 4.18. The van der Waals surface area contributed by atoms with Crippen LogP contribution in [-0.2, 0) is 15.6 Å². The minimum Gasteiger partial charge on any atom is -0.490 e. The molecule has 0 aliphatic heterocycles. The van der Waals surface area contributed by atoms with Crippen LogP contribution in [0.15, 0.2) is 30.4 Å². The zero-order valence-corrected chi connectivity index (χ0v) is 16.2. The number of halogens is 1. The van der Waals surface area contributed by atoms with Crippen LogP contribution >= 0.6 is 0 Å². The third-order valence-electron chi connectivity index (χ3n) is 4.53. The summed E-state index contributed by atoms with van der Waals surface area (Å²) in [6.45, 7) is 3.95. The number of ether oxygens (including phenoxy) is 1. The predicted octanol–water partition coefficient (Wildman–Crippen LogP) is 3.10. The molecular weight excluding hydrogens is 357 g/mol. The van der Waals surface area contributed by atoms with E-state index in [1.165, 1.54) is 18.2 Å². The Morgan fingerprint density at radius 2 is 2.08 bits per heavy atom. The zero-order valence-electron chi connectivity index (χ0n) is 15.4. The van der Waals surface area contributed by atoms with Gasteiger partial charge in [0.2, 0.25) is 10.0 Å². The van der Waals surface area contributed by atoms with Gasteiger partial charge in [0.05, 0.1) is 12.4 Å².